The first kappa shape index (κ1) is 38.5. The lowest BCUT2D eigenvalue weighted by Gasteiger charge is -2.72. The normalized spacial score (nSPS) is 34.6. The molecule has 9 heteroatoms. The van der Waals surface area contributed by atoms with Crippen LogP contribution in [0, 0.1) is 39.9 Å². The Labute approximate surface area is 356 Å². The molecule has 0 amide bonds. The highest BCUT2D eigenvalue weighted by Gasteiger charge is 2.76. The summed E-state index contributed by atoms with van der Waals surface area (Å²) < 4.78 is 0. The van der Waals surface area contributed by atoms with E-state index >= 15 is 0 Å². The van der Waals surface area contributed by atoms with Gasteiger partial charge < -0.3 is 36.0 Å². The van der Waals surface area contributed by atoms with Crippen LogP contribution in [0.25, 0.3) is 22.9 Å². The van der Waals surface area contributed by atoms with Crippen molar-refractivity contribution in [1.29, 1.82) is 0 Å². The molecule has 314 valence electrons. The van der Waals surface area contributed by atoms with E-state index in [2.05, 4.69) is 60.1 Å². The molecule has 2 heterocycles. The van der Waals surface area contributed by atoms with Crippen molar-refractivity contribution in [1.82, 2.24) is 5.32 Å². The van der Waals surface area contributed by atoms with Gasteiger partial charge in [0.15, 0.2) is 23.0 Å². The third kappa shape index (κ3) is 5.58. The summed E-state index contributed by atoms with van der Waals surface area (Å²) >= 11 is 0. The van der Waals surface area contributed by atoms with Gasteiger partial charge in [0.25, 0.3) is 0 Å². The molecule has 10 atom stereocenters. The van der Waals surface area contributed by atoms with E-state index in [0.717, 1.165) is 11.3 Å². The lowest BCUT2D eigenvalue weighted by atomic mass is 9.33. The second-order valence-corrected chi connectivity index (χ2v) is 19.2. The number of aryl methyl sites for hydroxylation is 1. The topological polar surface area (TPSA) is 158 Å². The van der Waals surface area contributed by atoms with Gasteiger partial charge in [0.1, 0.15) is 12.4 Å². The van der Waals surface area contributed by atoms with Crippen LogP contribution in [0.2, 0.25) is 0 Å². The Bertz CT molecular complexity index is 2580. The number of aliphatic hydroxyl groups excluding tert-OH is 1. The van der Waals surface area contributed by atoms with Crippen molar-refractivity contribution >= 4 is 34.9 Å². The number of benzene rings is 4. The monoisotopic (exact) mass is 817 g/mol. The van der Waals surface area contributed by atoms with E-state index in [1.165, 1.54) is 81.5 Å². The molecule has 5 aliphatic carbocycles. The van der Waals surface area contributed by atoms with Crippen LogP contribution in [-0.4, -0.2) is 61.4 Å². The molecule has 0 radical (unpaired) electrons. The maximum absolute atomic E-state index is 12.4. The molecule has 4 saturated carbocycles. The van der Waals surface area contributed by atoms with Gasteiger partial charge in [-0.1, -0.05) is 91.8 Å². The number of nitrogens with one attached hydrogen (secondary N) is 1. The Morgan fingerprint density at radius 1 is 0.770 bits per heavy atom. The van der Waals surface area contributed by atoms with Gasteiger partial charge in [-0.3, -0.25) is 9.98 Å². The first-order valence-electron chi connectivity index (χ1n) is 22.5. The summed E-state index contributed by atoms with van der Waals surface area (Å²) in [6.45, 7) is 0.477. The van der Waals surface area contributed by atoms with Crippen molar-refractivity contribution in [2.75, 3.05) is 6.67 Å². The summed E-state index contributed by atoms with van der Waals surface area (Å²) in [4.78, 5) is 10.0. The van der Waals surface area contributed by atoms with Crippen molar-refractivity contribution in [2.45, 2.75) is 88.8 Å². The fourth-order valence-electron chi connectivity index (χ4n) is 14.6. The molecule has 61 heavy (non-hydrogen) atoms. The maximum Gasteiger partial charge on any atom is 0.169 e. The number of nitrogens with zero attached hydrogens (tertiary/aromatic N) is 2. The van der Waals surface area contributed by atoms with Crippen LogP contribution in [0.5, 0.6) is 28.7 Å². The second kappa shape index (κ2) is 14.3. The number of aliphatic hydroxyl groups is 1. The summed E-state index contributed by atoms with van der Waals surface area (Å²) in [7, 11) is 0. The fourth-order valence-corrected chi connectivity index (χ4v) is 14.6. The minimum atomic E-state index is -0.513. The molecule has 2 aliphatic heterocycles. The summed E-state index contributed by atoms with van der Waals surface area (Å²) in [5.74, 6) is 0.298. The Morgan fingerprint density at radius 3 is 2.44 bits per heavy atom. The molecular formula is C52H55N3O6. The average molecular weight is 818 g/mol. The van der Waals surface area contributed by atoms with Crippen molar-refractivity contribution in [2.24, 2.45) is 49.9 Å². The predicted octanol–water partition coefficient (Wildman–Crippen LogP) is 9.30. The van der Waals surface area contributed by atoms with Crippen molar-refractivity contribution in [3.8, 4) is 28.7 Å². The second-order valence-electron chi connectivity index (χ2n) is 19.2. The number of phenolic OH excluding ortho intramolecular Hbond substituents is 5. The van der Waals surface area contributed by atoms with Crippen molar-refractivity contribution < 1.29 is 30.6 Å². The summed E-state index contributed by atoms with van der Waals surface area (Å²) in [6.07, 6.45) is 26.4. The van der Waals surface area contributed by atoms with Crippen molar-refractivity contribution in [3.63, 3.8) is 0 Å². The number of allylic oxidation sites excluding steroid dienone is 1. The van der Waals surface area contributed by atoms with Gasteiger partial charge >= 0.3 is 0 Å². The number of fused-ring (bicyclic) bond motifs is 4. The predicted molar refractivity (Wildman–Crippen MR) is 239 cm³/mol. The zero-order chi connectivity index (χ0) is 41.7. The molecular weight excluding hydrogens is 763 g/mol. The molecule has 11 rings (SSSR count). The van der Waals surface area contributed by atoms with Gasteiger partial charge in [-0.25, -0.2) is 0 Å². The highest BCUT2D eigenvalue weighted by atomic mass is 16.3. The first-order chi connectivity index (χ1) is 29.6. The maximum atomic E-state index is 12.4. The van der Waals surface area contributed by atoms with E-state index in [4.69, 9.17) is 9.98 Å². The van der Waals surface area contributed by atoms with E-state index in [1.807, 2.05) is 6.08 Å². The number of aliphatic imine (C=N–C) groups is 2. The fraction of sp³-hybridized carbons (Fsp3) is 0.423. The molecule has 2 spiro atoms. The van der Waals surface area contributed by atoms with Gasteiger partial charge in [-0.2, -0.15) is 0 Å². The molecule has 9 nitrogen and oxygen atoms in total. The first-order valence-corrected chi connectivity index (χ1v) is 22.5. The molecule has 0 saturated heterocycles. The minimum absolute atomic E-state index is 0.0140. The molecule has 4 aromatic rings. The van der Waals surface area contributed by atoms with Crippen LogP contribution < -0.4 is 5.32 Å². The molecule has 10 unspecified atom stereocenters. The zero-order valence-corrected chi connectivity index (χ0v) is 34.4. The largest absolute Gasteiger partial charge is 0.507 e. The van der Waals surface area contributed by atoms with Crippen LogP contribution in [0.1, 0.15) is 91.6 Å². The smallest absolute Gasteiger partial charge is 0.169 e. The number of aromatic hydroxyl groups is 5. The van der Waals surface area contributed by atoms with Crippen molar-refractivity contribution in [3.05, 3.63) is 113 Å². The van der Waals surface area contributed by atoms with E-state index in [-0.39, 0.29) is 68.4 Å². The van der Waals surface area contributed by atoms with Crippen LogP contribution in [-0.2, 0) is 12.8 Å². The van der Waals surface area contributed by atoms with Gasteiger partial charge in [0, 0.05) is 29.2 Å². The van der Waals surface area contributed by atoms with Gasteiger partial charge in [-0.05, 0) is 132 Å². The molecule has 7 aliphatic rings. The van der Waals surface area contributed by atoms with Crippen LogP contribution in [0.4, 0.5) is 0 Å². The highest BCUT2D eigenvalue weighted by Crippen LogP contribution is 2.77. The Kier molecular flexibility index (Phi) is 9.06. The molecule has 0 aromatic heterocycles. The Balaban J connectivity index is 0.916. The molecule has 7 N–H and O–H groups in total. The van der Waals surface area contributed by atoms with Crippen LogP contribution in [0.3, 0.4) is 0 Å². The summed E-state index contributed by atoms with van der Waals surface area (Å²) in [5, 5.41) is 70.7. The molecule has 4 aromatic carbocycles. The number of hydrogen-bond acceptors (Lipinski definition) is 9. The van der Waals surface area contributed by atoms with Gasteiger partial charge in [0.05, 0.1) is 23.2 Å². The lowest BCUT2D eigenvalue weighted by Crippen LogP contribution is -2.76. The van der Waals surface area contributed by atoms with Gasteiger partial charge in [-0.15, -0.1) is 0 Å². The lowest BCUT2D eigenvalue weighted by molar-refractivity contribution is -0.196. The Hall–Kier alpha value is -5.38. The molecule has 0 bridgehead atoms. The van der Waals surface area contributed by atoms with E-state index < -0.39 is 6.10 Å². The summed E-state index contributed by atoms with van der Waals surface area (Å²) in [5.41, 5.74) is 5.03. The quantitative estimate of drug-likeness (QED) is 0.0557. The third-order valence-electron chi connectivity index (χ3n) is 16.9. The van der Waals surface area contributed by atoms with E-state index in [9.17, 15) is 30.6 Å². The third-order valence-corrected chi connectivity index (χ3v) is 16.9. The van der Waals surface area contributed by atoms with Gasteiger partial charge in [0.2, 0.25) is 0 Å². The van der Waals surface area contributed by atoms with E-state index in [0.29, 0.717) is 59.3 Å². The minimum Gasteiger partial charge on any atom is -0.507 e. The standard InChI is InChI=1S/C52H55N3O6/c56-40-20-12-31(26-43(40)59)11-17-36-37-6-1-7-41(57)45(37)47(61)46(60)38(36)18-10-30-8-13-32(14-9-30)39-19-15-33-27-35-5-3-23-51(35)25-24-50-22-2-4-34(50)16-21-42(58)48(50)52(51,49(33)55-39)44-28-53-29-54-44/h1,6-9,11-17,19-21,26,28,33-35,39,42,48-49,55-61H,2-5,10,18,22-25,27,29H2. The van der Waals surface area contributed by atoms with E-state index in [1.54, 1.807) is 24.3 Å². The van der Waals surface area contributed by atoms with Crippen LogP contribution >= 0.6 is 0 Å². The van der Waals surface area contributed by atoms with Crippen LogP contribution in [0.15, 0.2) is 95.0 Å². The SMILES string of the molecule is Oc1ccc(C=Cc2c(CCc3ccc(C4C=CC5CC6CCCC67CCC68CCCC6C=CC(O)C8C7(C6=NCN=C6)C5N4)cc3)c(O)c(O)c3c(O)cccc23)cc1O. The number of phenols is 5. The summed E-state index contributed by atoms with van der Waals surface area (Å²) in [6, 6.07) is 18.3. The Morgan fingerprint density at radius 2 is 1.62 bits per heavy atom. The molecule has 4 fully saturated rings. The number of hydrogen-bond donors (Lipinski definition) is 7. The zero-order valence-electron chi connectivity index (χ0n) is 34.4. The number of rotatable bonds is 7. The highest BCUT2D eigenvalue weighted by molar-refractivity contribution is 6.34. The average Bonchev–Trinajstić information content (AvgIpc) is 4.05.